The van der Waals surface area contributed by atoms with Crippen molar-refractivity contribution in [1.29, 1.82) is 0 Å². The molecular weight excluding hydrogens is 526 g/mol. The molecule has 2 aromatic carbocycles. The molecule has 2 amide bonds. The molecule has 3 aromatic rings. The topological polar surface area (TPSA) is 122 Å². The van der Waals surface area contributed by atoms with Gasteiger partial charge in [0.1, 0.15) is 0 Å². The van der Waals surface area contributed by atoms with E-state index in [2.05, 4.69) is 15.4 Å². The molecule has 9 nitrogen and oxygen atoms in total. The summed E-state index contributed by atoms with van der Waals surface area (Å²) in [5.74, 6) is -1.27. The molecule has 0 aliphatic heterocycles. The zero-order valence-corrected chi connectivity index (χ0v) is 23.2. The van der Waals surface area contributed by atoms with Crippen molar-refractivity contribution in [2.45, 2.75) is 38.1 Å². The number of rotatable bonds is 12. The molecular formula is C27H31N3O6S2. The van der Waals surface area contributed by atoms with Gasteiger partial charge in [0.15, 0.2) is 0 Å². The van der Waals surface area contributed by atoms with E-state index in [-0.39, 0.29) is 22.9 Å². The average molecular weight is 558 g/mol. The molecule has 202 valence electrons. The van der Waals surface area contributed by atoms with E-state index in [9.17, 15) is 22.8 Å². The van der Waals surface area contributed by atoms with Crippen LogP contribution in [-0.4, -0.2) is 50.7 Å². The van der Waals surface area contributed by atoms with Gasteiger partial charge in [-0.15, -0.1) is 11.3 Å². The van der Waals surface area contributed by atoms with E-state index in [0.717, 1.165) is 5.56 Å². The zero-order valence-electron chi connectivity index (χ0n) is 21.5. The first-order valence-electron chi connectivity index (χ1n) is 12.1. The summed E-state index contributed by atoms with van der Waals surface area (Å²) in [5.41, 5.74) is 2.13. The van der Waals surface area contributed by atoms with Gasteiger partial charge in [-0.25, -0.2) is 13.2 Å². The first kappa shape index (κ1) is 29.0. The zero-order chi connectivity index (χ0) is 27.7. The van der Waals surface area contributed by atoms with Crippen molar-refractivity contribution in [2.24, 2.45) is 0 Å². The number of carbonyl (C=O) groups excluding carboxylic acids is 3. The second kappa shape index (κ2) is 13.3. The second-order valence-corrected chi connectivity index (χ2v) is 11.1. The van der Waals surface area contributed by atoms with Crippen LogP contribution in [-0.2, 0) is 21.3 Å². The number of esters is 1. The number of sulfonamides is 1. The SMILES string of the molecule is CCCN(CCC)S(=O)(=O)c1ccc(C(=O)Nc2cscc2C(=O)NCc2ccc(C(=O)OC)cc2)cc1. The number of amides is 2. The lowest BCUT2D eigenvalue weighted by atomic mass is 10.1. The number of hydrogen-bond acceptors (Lipinski definition) is 7. The monoisotopic (exact) mass is 557 g/mol. The molecule has 0 aliphatic rings. The lowest BCUT2D eigenvalue weighted by Crippen LogP contribution is -2.32. The molecule has 1 aromatic heterocycles. The molecule has 0 spiro atoms. The Labute approximate surface area is 226 Å². The van der Waals surface area contributed by atoms with Crippen molar-refractivity contribution in [2.75, 3.05) is 25.5 Å². The Morgan fingerprint density at radius 1 is 0.868 bits per heavy atom. The third-order valence-corrected chi connectivity index (χ3v) is 8.34. The smallest absolute Gasteiger partial charge is 0.337 e. The molecule has 0 unspecified atom stereocenters. The summed E-state index contributed by atoms with van der Waals surface area (Å²) in [6.45, 7) is 4.94. The molecule has 11 heteroatoms. The minimum absolute atomic E-state index is 0.131. The molecule has 2 N–H and O–H groups in total. The molecule has 0 fully saturated rings. The fourth-order valence-corrected chi connectivity index (χ4v) is 6.08. The largest absolute Gasteiger partial charge is 0.465 e. The number of carbonyl (C=O) groups is 3. The maximum absolute atomic E-state index is 13.0. The van der Waals surface area contributed by atoms with Crippen LogP contribution in [0.15, 0.2) is 64.2 Å². The number of anilines is 1. The van der Waals surface area contributed by atoms with Crippen molar-refractivity contribution in [3.05, 3.63) is 81.5 Å². The van der Waals surface area contributed by atoms with E-state index in [1.165, 1.54) is 47.0 Å². The van der Waals surface area contributed by atoms with Gasteiger partial charge >= 0.3 is 5.97 Å². The van der Waals surface area contributed by atoms with Crippen LogP contribution in [0.2, 0.25) is 0 Å². The summed E-state index contributed by atoms with van der Waals surface area (Å²) in [6, 6.07) is 12.4. The predicted octanol–water partition coefficient (Wildman–Crippen LogP) is 4.53. The highest BCUT2D eigenvalue weighted by Gasteiger charge is 2.23. The number of thiophene rings is 1. The van der Waals surface area contributed by atoms with Crippen molar-refractivity contribution in [1.82, 2.24) is 9.62 Å². The lowest BCUT2D eigenvalue weighted by Gasteiger charge is -2.21. The van der Waals surface area contributed by atoms with Crippen LogP contribution in [0.25, 0.3) is 0 Å². The summed E-state index contributed by atoms with van der Waals surface area (Å²) >= 11 is 1.27. The lowest BCUT2D eigenvalue weighted by molar-refractivity contribution is 0.0600. The Morgan fingerprint density at radius 3 is 2.05 bits per heavy atom. The van der Waals surface area contributed by atoms with Crippen LogP contribution in [0.4, 0.5) is 5.69 Å². The normalized spacial score (nSPS) is 11.3. The first-order valence-corrected chi connectivity index (χ1v) is 14.5. The van der Waals surface area contributed by atoms with E-state index < -0.39 is 21.9 Å². The second-order valence-electron chi connectivity index (χ2n) is 8.45. The minimum Gasteiger partial charge on any atom is -0.465 e. The van der Waals surface area contributed by atoms with Gasteiger partial charge < -0.3 is 15.4 Å². The Balaban J connectivity index is 1.64. The molecule has 0 aliphatic carbocycles. The van der Waals surface area contributed by atoms with Gasteiger partial charge in [-0.1, -0.05) is 26.0 Å². The molecule has 0 bridgehead atoms. The molecule has 38 heavy (non-hydrogen) atoms. The van der Waals surface area contributed by atoms with E-state index in [0.29, 0.717) is 42.7 Å². The van der Waals surface area contributed by atoms with Gasteiger partial charge in [0.2, 0.25) is 10.0 Å². The highest BCUT2D eigenvalue weighted by molar-refractivity contribution is 7.89. The number of methoxy groups -OCH3 is 1. The third-order valence-electron chi connectivity index (χ3n) is 5.68. The molecule has 0 atom stereocenters. The highest BCUT2D eigenvalue weighted by atomic mass is 32.2. The molecule has 0 saturated carbocycles. The number of ether oxygens (including phenoxy) is 1. The van der Waals surface area contributed by atoms with Crippen molar-refractivity contribution in [3.8, 4) is 0 Å². The Hall–Kier alpha value is -3.54. The Bertz CT molecular complexity index is 1360. The summed E-state index contributed by atoms with van der Waals surface area (Å²) in [6.07, 6.45) is 1.41. The maximum atomic E-state index is 13.0. The third kappa shape index (κ3) is 7.06. The van der Waals surface area contributed by atoms with E-state index in [1.807, 2.05) is 13.8 Å². The number of nitrogens with one attached hydrogen (secondary N) is 2. The quantitative estimate of drug-likeness (QED) is 0.316. The number of nitrogens with zero attached hydrogens (tertiary/aromatic N) is 1. The van der Waals surface area contributed by atoms with Crippen LogP contribution in [0.5, 0.6) is 0 Å². The summed E-state index contributed by atoms with van der Waals surface area (Å²) < 4.78 is 32.0. The van der Waals surface area contributed by atoms with Gasteiger partial charge in [-0.2, -0.15) is 4.31 Å². The Kier molecular flexibility index (Phi) is 10.2. The molecule has 0 radical (unpaired) electrons. The number of hydrogen-bond donors (Lipinski definition) is 2. The van der Waals surface area contributed by atoms with E-state index in [1.54, 1.807) is 35.0 Å². The average Bonchev–Trinajstić information content (AvgIpc) is 3.39. The van der Waals surface area contributed by atoms with Crippen LogP contribution in [0.1, 0.15) is 63.3 Å². The van der Waals surface area contributed by atoms with E-state index >= 15 is 0 Å². The molecule has 3 rings (SSSR count). The van der Waals surface area contributed by atoms with Gasteiger partial charge in [0.05, 0.1) is 28.8 Å². The van der Waals surface area contributed by atoms with Crippen molar-refractivity contribution < 1.29 is 27.5 Å². The van der Waals surface area contributed by atoms with Crippen molar-refractivity contribution >= 4 is 44.8 Å². The van der Waals surface area contributed by atoms with Crippen LogP contribution in [0, 0.1) is 0 Å². The minimum atomic E-state index is -3.65. The molecule has 0 saturated heterocycles. The van der Waals surface area contributed by atoms with Gasteiger partial charge in [-0.3, -0.25) is 9.59 Å². The fraction of sp³-hybridized carbons (Fsp3) is 0.296. The van der Waals surface area contributed by atoms with Crippen molar-refractivity contribution in [3.63, 3.8) is 0 Å². The Morgan fingerprint density at radius 2 is 1.47 bits per heavy atom. The maximum Gasteiger partial charge on any atom is 0.337 e. The summed E-state index contributed by atoms with van der Waals surface area (Å²) in [4.78, 5) is 37.3. The molecule has 1 heterocycles. The van der Waals surface area contributed by atoms with E-state index in [4.69, 9.17) is 0 Å². The van der Waals surface area contributed by atoms with Gasteiger partial charge in [0, 0.05) is 36.0 Å². The van der Waals surface area contributed by atoms with Crippen LogP contribution < -0.4 is 10.6 Å². The summed E-state index contributed by atoms with van der Waals surface area (Å²) in [5, 5.41) is 8.83. The number of benzene rings is 2. The highest BCUT2D eigenvalue weighted by Crippen LogP contribution is 2.23. The standard InChI is InChI=1S/C27H31N3O6S2/c1-4-14-30(15-5-2)38(34,35)22-12-10-20(11-13-22)25(31)29-24-18-37-17-23(24)26(32)28-16-19-6-8-21(9-7-19)27(33)36-3/h6-13,17-18H,4-5,14-16H2,1-3H3,(H,28,32)(H,29,31). The van der Waals surface area contributed by atoms with Gasteiger partial charge in [0.25, 0.3) is 11.8 Å². The van der Waals surface area contributed by atoms with Gasteiger partial charge in [-0.05, 0) is 54.8 Å². The fourth-order valence-electron chi connectivity index (χ4n) is 3.70. The predicted molar refractivity (Wildman–Crippen MR) is 147 cm³/mol. The first-order chi connectivity index (χ1) is 18.2. The van der Waals surface area contributed by atoms with Crippen LogP contribution in [0.3, 0.4) is 0 Å². The summed E-state index contributed by atoms with van der Waals surface area (Å²) in [7, 11) is -2.34. The van der Waals surface area contributed by atoms with Crippen LogP contribution >= 0.6 is 11.3 Å².